The number of nitrogens with two attached hydrogens (primary N) is 1. The van der Waals surface area contributed by atoms with Crippen LogP contribution in [0, 0.1) is 17.2 Å². The molecule has 1 aliphatic carbocycles. The maximum absolute atomic E-state index is 9.26. The monoisotopic (exact) mass is 330 g/mol. The zero-order valence-corrected chi connectivity index (χ0v) is 15.1. The first kappa shape index (κ1) is 17.5. The van der Waals surface area contributed by atoms with Crippen LogP contribution in [-0.2, 0) is 15.0 Å². The summed E-state index contributed by atoms with van der Waals surface area (Å²) in [6.07, 6.45) is 8.31. The molecule has 0 spiro atoms. The molecule has 7 heteroatoms. The number of hydrogen-bond donors (Lipinski definition) is 1. The molecule has 1 aromatic heterocycles. The van der Waals surface area contributed by atoms with Gasteiger partial charge in [0.25, 0.3) is 0 Å². The van der Waals surface area contributed by atoms with E-state index in [4.69, 9.17) is 15.0 Å². The number of nitrogens with zero attached hydrogens (tertiary/aromatic N) is 3. The lowest BCUT2D eigenvalue weighted by Gasteiger charge is -2.33. The van der Waals surface area contributed by atoms with Crippen molar-refractivity contribution < 1.29 is 9.31 Å². The van der Waals surface area contributed by atoms with Crippen LogP contribution >= 0.6 is 0 Å². The second kappa shape index (κ2) is 5.87. The maximum atomic E-state index is 9.26. The number of hydrogen-bond acceptors (Lipinski definition) is 5. The van der Waals surface area contributed by atoms with Gasteiger partial charge in [0.05, 0.1) is 23.7 Å². The van der Waals surface area contributed by atoms with E-state index in [1.54, 1.807) is 10.9 Å². The first-order chi connectivity index (χ1) is 11.2. The Morgan fingerprint density at radius 2 is 1.92 bits per heavy atom. The largest absolute Gasteiger partial charge is 0.498 e. The summed E-state index contributed by atoms with van der Waals surface area (Å²) in [7, 11) is -0.460. The highest BCUT2D eigenvalue weighted by molar-refractivity contribution is 6.62. The van der Waals surface area contributed by atoms with E-state index in [-0.39, 0.29) is 12.3 Å². The third-order valence-electron chi connectivity index (χ3n) is 5.98. The van der Waals surface area contributed by atoms with E-state index < -0.39 is 24.0 Å². The topological polar surface area (TPSA) is 86.1 Å². The van der Waals surface area contributed by atoms with Crippen molar-refractivity contribution >= 4 is 12.6 Å². The fourth-order valence-corrected chi connectivity index (χ4v) is 3.63. The van der Waals surface area contributed by atoms with Gasteiger partial charge in [-0.3, -0.25) is 4.68 Å². The Kier molecular flexibility index (Phi) is 4.27. The molecule has 1 atom stereocenters. The lowest BCUT2D eigenvalue weighted by Crippen LogP contribution is -2.49. The first-order valence-corrected chi connectivity index (χ1v) is 8.76. The fraction of sp³-hybridized carbons (Fsp3) is 0.765. The number of nitriles is 1. The van der Waals surface area contributed by atoms with E-state index in [1.807, 2.05) is 33.9 Å². The molecule has 2 fully saturated rings. The molecular weight excluding hydrogens is 303 g/mol. The third-order valence-corrected chi connectivity index (χ3v) is 5.98. The molecule has 24 heavy (non-hydrogen) atoms. The molecule has 6 nitrogen and oxygen atoms in total. The quantitative estimate of drug-likeness (QED) is 0.852. The molecule has 0 amide bonds. The van der Waals surface area contributed by atoms with E-state index in [9.17, 15) is 5.26 Å². The highest BCUT2D eigenvalue weighted by atomic mass is 16.7. The summed E-state index contributed by atoms with van der Waals surface area (Å²) in [4.78, 5) is 0. The Labute approximate surface area is 144 Å². The summed E-state index contributed by atoms with van der Waals surface area (Å²) in [5.74, 6) is 0.281. The van der Waals surface area contributed by atoms with Crippen molar-refractivity contribution in [2.75, 3.05) is 0 Å². The standard InChI is InChI=1S/C17H27BN4O2/c1-15(2)16(3,4)24-18(23-15)14-11-21-22(12-14)17(20,9-10-19)13-7-5-6-8-13/h11-13H,5-9,20H2,1-4H3. The van der Waals surface area contributed by atoms with Gasteiger partial charge in [-0.05, 0) is 46.5 Å². The summed E-state index contributed by atoms with van der Waals surface area (Å²) in [6.45, 7) is 8.11. The Balaban J connectivity index is 1.86. The Hall–Kier alpha value is -1.36. The van der Waals surface area contributed by atoms with Gasteiger partial charge in [-0.25, -0.2) is 0 Å². The van der Waals surface area contributed by atoms with Crippen LogP contribution in [0.25, 0.3) is 0 Å². The first-order valence-electron chi connectivity index (χ1n) is 8.76. The van der Waals surface area contributed by atoms with Crippen LogP contribution < -0.4 is 11.2 Å². The fourth-order valence-electron chi connectivity index (χ4n) is 3.63. The average Bonchev–Trinajstić information content (AvgIpc) is 3.20. The summed E-state index contributed by atoms with van der Waals surface area (Å²) in [6, 6.07) is 2.24. The van der Waals surface area contributed by atoms with Gasteiger partial charge < -0.3 is 15.0 Å². The molecule has 1 aliphatic heterocycles. The van der Waals surface area contributed by atoms with Crippen molar-refractivity contribution in [2.45, 2.75) is 76.7 Å². The predicted molar refractivity (Wildman–Crippen MR) is 92.3 cm³/mol. The molecular formula is C17H27BN4O2. The van der Waals surface area contributed by atoms with Gasteiger partial charge in [0, 0.05) is 17.9 Å². The number of rotatable bonds is 4. The van der Waals surface area contributed by atoms with Gasteiger partial charge >= 0.3 is 7.12 Å². The van der Waals surface area contributed by atoms with E-state index in [0.29, 0.717) is 0 Å². The summed E-state index contributed by atoms with van der Waals surface area (Å²) < 4.78 is 13.9. The van der Waals surface area contributed by atoms with Crippen molar-refractivity contribution in [1.82, 2.24) is 9.78 Å². The highest BCUT2D eigenvalue weighted by Crippen LogP contribution is 2.38. The van der Waals surface area contributed by atoms with Crippen molar-refractivity contribution in [2.24, 2.45) is 11.7 Å². The smallest absolute Gasteiger partial charge is 0.399 e. The molecule has 0 radical (unpaired) electrons. The SMILES string of the molecule is CC1(C)OB(c2cnn(C(N)(CC#N)C3CCCC3)c2)OC1(C)C. The zero-order chi connectivity index (χ0) is 17.6. The molecule has 2 aliphatic rings. The minimum absolute atomic E-state index is 0.252. The van der Waals surface area contributed by atoms with E-state index in [2.05, 4.69) is 11.2 Å². The van der Waals surface area contributed by atoms with E-state index in [1.165, 1.54) is 12.8 Å². The van der Waals surface area contributed by atoms with Crippen LogP contribution in [0.3, 0.4) is 0 Å². The average molecular weight is 330 g/mol. The van der Waals surface area contributed by atoms with Crippen molar-refractivity contribution in [3.05, 3.63) is 12.4 Å². The van der Waals surface area contributed by atoms with E-state index in [0.717, 1.165) is 18.3 Å². The lowest BCUT2D eigenvalue weighted by atomic mass is 9.81. The maximum Gasteiger partial charge on any atom is 0.498 e. The summed E-state index contributed by atoms with van der Waals surface area (Å²) >= 11 is 0. The van der Waals surface area contributed by atoms with Crippen LogP contribution in [0.1, 0.15) is 59.8 Å². The van der Waals surface area contributed by atoms with Gasteiger partial charge in [0.1, 0.15) is 5.66 Å². The van der Waals surface area contributed by atoms with E-state index >= 15 is 0 Å². The molecule has 1 aromatic rings. The lowest BCUT2D eigenvalue weighted by molar-refractivity contribution is 0.00578. The molecule has 2 N–H and O–H groups in total. The summed E-state index contributed by atoms with van der Waals surface area (Å²) in [5.41, 5.74) is 5.96. The third kappa shape index (κ3) is 2.77. The van der Waals surface area contributed by atoms with Crippen molar-refractivity contribution in [3.63, 3.8) is 0 Å². The molecule has 1 saturated heterocycles. The van der Waals surface area contributed by atoms with Crippen LogP contribution in [0.2, 0.25) is 0 Å². The van der Waals surface area contributed by atoms with Crippen LogP contribution in [0.4, 0.5) is 0 Å². The molecule has 3 rings (SSSR count). The second-order valence-corrected chi connectivity index (χ2v) is 8.11. The Morgan fingerprint density at radius 1 is 1.33 bits per heavy atom. The summed E-state index contributed by atoms with van der Waals surface area (Å²) in [5, 5.41) is 13.7. The van der Waals surface area contributed by atoms with Crippen LogP contribution in [-0.4, -0.2) is 28.1 Å². The van der Waals surface area contributed by atoms with Crippen molar-refractivity contribution in [1.29, 1.82) is 5.26 Å². The molecule has 0 aromatic carbocycles. The van der Waals surface area contributed by atoms with Crippen molar-refractivity contribution in [3.8, 4) is 6.07 Å². The van der Waals surface area contributed by atoms with Gasteiger partial charge in [0.15, 0.2) is 0 Å². The molecule has 130 valence electrons. The number of aromatic nitrogens is 2. The van der Waals surface area contributed by atoms with Crippen LogP contribution in [0.5, 0.6) is 0 Å². The van der Waals surface area contributed by atoms with Gasteiger partial charge in [-0.15, -0.1) is 0 Å². The second-order valence-electron chi connectivity index (χ2n) is 8.11. The molecule has 0 bridgehead atoms. The predicted octanol–water partition coefficient (Wildman–Crippen LogP) is 1.90. The van der Waals surface area contributed by atoms with Gasteiger partial charge in [-0.2, -0.15) is 10.4 Å². The molecule has 2 heterocycles. The van der Waals surface area contributed by atoms with Crippen LogP contribution in [0.15, 0.2) is 12.4 Å². The highest BCUT2D eigenvalue weighted by Gasteiger charge is 2.52. The van der Waals surface area contributed by atoms with Gasteiger partial charge in [0.2, 0.25) is 0 Å². The van der Waals surface area contributed by atoms with Gasteiger partial charge in [-0.1, -0.05) is 12.8 Å². The molecule has 1 saturated carbocycles. The Morgan fingerprint density at radius 3 is 2.46 bits per heavy atom. The zero-order valence-electron chi connectivity index (χ0n) is 15.1. The molecule has 1 unspecified atom stereocenters. The normalized spacial score (nSPS) is 25.6. The minimum atomic E-state index is -0.757. The Bertz CT molecular complexity index is 629. The minimum Gasteiger partial charge on any atom is -0.399 e.